The second-order valence-corrected chi connectivity index (χ2v) is 7.55. The zero-order valence-electron chi connectivity index (χ0n) is 16.7. The second kappa shape index (κ2) is 9.17. The van der Waals surface area contributed by atoms with Crippen molar-refractivity contribution in [2.75, 3.05) is 29.9 Å². The number of carbonyl (C=O) groups is 1. The van der Waals surface area contributed by atoms with Crippen LogP contribution in [0, 0.1) is 5.92 Å². The number of rotatable bonds is 6. The summed E-state index contributed by atoms with van der Waals surface area (Å²) in [6, 6.07) is 15.2. The van der Waals surface area contributed by atoms with Crippen molar-refractivity contribution in [3.05, 3.63) is 53.6 Å². The predicted octanol–water partition coefficient (Wildman–Crippen LogP) is 4.64. The maximum Gasteiger partial charge on any atom is 0.324 e. The van der Waals surface area contributed by atoms with Crippen molar-refractivity contribution in [1.29, 1.82) is 0 Å². The highest BCUT2D eigenvalue weighted by molar-refractivity contribution is 6.30. The fraction of sp³-hybridized carbons (Fsp3) is 0.318. The lowest BCUT2D eigenvalue weighted by atomic mass is 9.96. The standard InChI is InChI=1S/C22H23ClN4O3/c1-2-29-19-9-7-18(8-10-19)24-21(28)16-11-13-27(14-12-16)22-25-20(26-30-22)15-3-5-17(23)6-4-15/h3-10,16H,2,11-14H2,1H3,(H,24,28). The molecule has 0 spiro atoms. The molecule has 1 fully saturated rings. The summed E-state index contributed by atoms with van der Waals surface area (Å²) in [6.45, 7) is 3.92. The molecule has 30 heavy (non-hydrogen) atoms. The van der Waals surface area contributed by atoms with Gasteiger partial charge >= 0.3 is 6.01 Å². The molecular formula is C22H23ClN4O3. The zero-order chi connectivity index (χ0) is 20.9. The van der Waals surface area contributed by atoms with Crippen molar-refractivity contribution in [3.63, 3.8) is 0 Å². The number of hydrogen-bond acceptors (Lipinski definition) is 6. The van der Waals surface area contributed by atoms with Gasteiger partial charge in [-0.05, 0) is 68.3 Å². The Labute approximate surface area is 180 Å². The van der Waals surface area contributed by atoms with Crippen molar-refractivity contribution >= 4 is 29.2 Å². The number of piperidine rings is 1. The van der Waals surface area contributed by atoms with E-state index in [0.717, 1.165) is 29.8 Å². The first-order valence-electron chi connectivity index (χ1n) is 10.0. The number of carbonyl (C=O) groups excluding carboxylic acids is 1. The van der Waals surface area contributed by atoms with Gasteiger partial charge in [0.25, 0.3) is 0 Å². The highest BCUT2D eigenvalue weighted by Crippen LogP contribution is 2.26. The van der Waals surface area contributed by atoms with E-state index in [1.807, 2.05) is 48.2 Å². The van der Waals surface area contributed by atoms with E-state index in [4.69, 9.17) is 20.9 Å². The minimum absolute atomic E-state index is 0.0335. The molecule has 0 bridgehead atoms. The average Bonchev–Trinajstić information content (AvgIpc) is 3.26. The highest BCUT2D eigenvalue weighted by atomic mass is 35.5. The van der Waals surface area contributed by atoms with Gasteiger partial charge in [-0.3, -0.25) is 4.79 Å². The average molecular weight is 427 g/mol. The zero-order valence-corrected chi connectivity index (χ0v) is 17.4. The van der Waals surface area contributed by atoms with E-state index in [2.05, 4.69) is 15.5 Å². The molecule has 156 valence electrons. The van der Waals surface area contributed by atoms with Crippen LogP contribution in [0.15, 0.2) is 53.1 Å². The SMILES string of the molecule is CCOc1ccc(NC(=O)C2CCN(c3nc(-c4ccc(Cl)cc4)no3)CC2)cc1. The molecule has 2 aromatic carbocycles. The summed E-state index contributed by atoms with van der Waals surface area (Å²) in [5.41, 5.74) is 1.62. The summed E-state index contributed by atoms with van der Waals surface area (Å²) in [7, 11) is 0. The van der Waals surface area contributed by atoms with Crippen LogP contribution in [0.25, 0.3) is 11.4 Å². The molecule has 1 N–H and O–H groups in total. The molecule has 0 atom stereocenters. The summed E-state index contributed by atoms with van der Waals surface area (Å²) in [6.07, 6.45) is 1.45. The normalized spacial score (nSPS) is 14.5. The monoisotopic (exact) mass is 426 g/mol. The molecule has 0 unspecified atom stereocenters. The van der Waals surface area contributed by atoms with Gasteiger partial charge in [-0.1, -0.05) is 16.8 Å². The van der Waals surface area contributed by atoms with Crippen LogP contribution in [-0.2, 0) is 4.79 Å². The maximum atomic E-state index is 12.6. The lowest BCUT2D eigenvalue weighted by Crippen LogP contribution is -2.38. The molecule has 0 radical (unpaired) electrons. The molecule has 0 aliphatic carbocycles. The Morgan fingerprint density at radius 3 is 2.53 bits per heavy atom. The Morgan fingerprint density at radius 2 is 1.87 bits per heavy atom. The molecule has 8 heteroatoms. The van der Waals surface area contributed by atoms with E-state index in [1.165, 1.54) is 0 Å². The van der Waals surface area contributed by atoms with Gasteiger partial charge in [-0.15, -0.1) is 0 Å². The Hall–Kier alpha value is -3.06. The maximum absolute atomic E-state index is 12.6. The van der Waals surface area contributed by atoms with Crippen molar-refractivity contribution in [1.82, 2.24) is 10.1 Å². The Kier molecular flexibility index (Phi) is 6.18. The number of ether oxygens (including phenoxy) is 1. The summed E-state index contributed by atoms with van der Waals surface area (Å²) in [5, 5.41) is 7.71. The van der Waals surface area contributed by atoms with Crippen LogP contribution in [0.1, 0.15) is 19.8 Å². The number of amides is 1. The Balaban J connectivity index is 1.31. The molecular weight excluding hydrogens is 404 g/mol. The van der Waals surface area contributed by atoms with Crippen molar-refractivity contribution in [2.24, 2.45) is 5.92 Å². The number of anilines is 2. The van der Waals surface area contributed by atoms with E-state index in [0.29, 0.717) is 36.6 Å². The molecule has 1 aromatic heterocycles. The van der Waals surface area contributed by atoms with Crippen LogP contribution in [0.2, 0.25) is 5.02 Å². The third-order valence-corrected chi connectivity index (χ3v) is 5.34. The first-order valence-corrected chi connectivity index (χ1v) is 10.4. The van der Waals surface area contributed by atoms with Crippen LogP contribution in [0.3, 0.4) is 0 Å². The van der Waals surface area contributed by atoms with Crippen LogP contribution in [0.5, 0.6) is 5.75 Å². The van der Waals surface area contributed by atoms with E-state index in [9.17, 15) is 4.79 Å². The predicted molar refractivity (Wildman–Crippen MR) is 116 cm³/mol. The van der Waals surface area contributed by atoms with E-state index in [1.54, 1.807) is 12.1 Å². The fourth-order valence-corrected chi connectivity index (χ4v) is 3.56. The van der Waals surface area contributed by atoms with Gasteiger partial charge in [0.1, 0.15) is 5.75 Å². The van der Waals surface area contributed by atoms with Crippen LogP contribution >= 0.6 is 11.6 Å². The van der Waals surface area contributed by atoms with Gasteiger partial charge in [-0.25, -0.2) is 0 Å². The number of halogens is 1. The van der Waals surface area contributed by atoms with Crippen LogP contribution in [0.4, 0.5) is 11.7 Å². The Morgan fingerprint density at radius 1 is 1.17 bits per heavy atom. The highest BCUT2D eigenvalue weighted by Gasteiger charge is 2.27. The lowest BCUT2D eigenvalue weighted by Gasteiger charge is -2.29. The van der Waals surface area contributed by atoms with Gasteiger partial charge in [0, 0.05) is 35.3 Å². The number of nitrogens with one attached hydrogen (secondary N) is 1. The summed E-state index contributed by atoms with van der Waals surface area (Å²) in [4.78, 5) is 19.1. The van der Waals surface area contributed by atoms with Gasteiger partial charge in [-0.2, -0.15) is 4.98 Å². The number of hydrogen-bond donors (Lipinski definition) is 1. The van der Waals surface area contributed by atoms with E-state index in [-0.39, 0.29) is 11.8 Å². The van der Waals surface area contributed by atoms with E-state index < -0.39 is 0 Å². The summed E-state index contributed by atoms with van der Waals surface area (Å²) >= 11 is 5.93. The van der Waals surface area contributed by atoms with Crippen molar-refractivity contribution in [2.45, 2.75) is 19.8 Å². The molecule has 7 nitrogen and oxygen atoms in total. The first kappa shape index (κ1) is 20.2. The smallest absolute Gasteiger partial charge is 0.324 e. The number of nitrogens with zero attached hydrogens (tertiary/aromatic N) is 3. The molecule has 2 heterocycles. The third kappa shape index (κ3) is 4.74. The molecule has 1 aliphatic heterocycles. The topological polar surface area (TPSA) is 80.5 Å². The lowest BCUT2D eigenvalue weighted by molar-refractivity contribution is -0.120. The Bertz CT molecular complexity index is 980. The molecule has 3 aromatic rings. The van der Waals surface area contributed by atoms with Crippen molar-refractivity contribution in [3.8, 4) is 17.1 Å². The van der Waals surface area contributed by atoms with Gasteiger partial charge in [0.15, 0.2) is 0 Å². The largest absolute Gasteiger partial charge is 0.494 e. The fourth-order valence-electron chi connectivity index (χ4n) is 3.44. The van der Waals surface area contributed by atoms with Crippen LogP contribution < -0.4 is 15.0 Å². The van der Waals surface area contributed by atoms with Gasteiger partial charge in [0.2, 0.25) is 11.7 Å². The molecule has 1 aliphatic rings. The minimum atomic E-state index is -0.0496. The van der Waals surface area contributed by atoms with Gasteiger partial charge < -0.3 is 19.5 Å². The number of benzene rings is 2. The first-order chi connectivity index (χ1) is 14.6. The summed E-state index contributed by atoms with van der Waals surface area (Å²) in [5.74, 6) is 1.30. The molecule has 4 rings (SSSR count). The van der Waals surface area contributed by atoms with Crippen molar-refractivity contribution < 1.29 is 14.1 Å². The molecule has 1 saturated heterocycles. The van der Waals surface area contributed by atoms with Crippen LogP contribution in [-0.4, -0.2) is 35.7 Å². The minimum Gasteiger partial charge on any atom is -0.494 e. The summed E-state index contributed by atoms with van der Waals surface area (Å²) < 4.78 is 10.9. The second-order valence-electron chi connectivity index (χ2n) is 7.12. The quantitative estimate of drug-likeness (QED) is 0.618. The van der Waals surface area contributed by atoms with Gasteiger partial charge in [0.05, 0.1) is 6.61 Å². The third-order valence-electron chi connectivity index (χ3n) is 5.09. The number of aromatic nitrogens is 2. The molecule has 0 saturated carbocycles. The molecule has 1 amide bonds. The van der Waals surface area contributed by atoms with E-state index >= 15 is 0 Å².